The summed E-state index contributed by atoms with van der Waals surface area (Å²) in [5.74, 6) is -0.273. The standard InChI is InChI=1S/C40H56N2O6/c1-5-41(6-2)27-15-25-39-23-13-21-33(35(39)29-17-9-11-19-31(29)47-39)45-37(43)38(44)46-34-22-14-24-40(26-16-28-42(7-3)8-4)36(34)30-18-10-12-20-32(30)48-40/h9-12,17-20,33-36H,5-8,13-16,21-28H2,1-4H3. The van der Waals surface area contributed by atoms with Crippen molar-refractivity contribution in [1.82, 2.24) is 9.80 Å². The Morgan fingerprint density at radius 3 is 1.46 bits per heavy atom. The number of hydrogen-bond donors (Lipinski definition) is 0. The van der Waals surface area contributed by atoms with Crippen molar-refractivity contribution in [2.75, 3.05) is 39.3 Å². The zero-order valence-electron chi connectivity index (χ0n) is 29.6. The van der Waals surface area contributed by atoms with E-state index in [-0.39, 0.29) is 11.8 Å². The van der Waals surface area contributed by atoms with Gasteiger partial charge in [0.1, 0.15) is 34.9 Å². The quantitative estimate of drug-likeness (QED) is 0.155. The predicted octanol–water partition coefficient (Wildman–Crippen LogP) is 7.25. The van der Waals surface area contributed by atoms with E-state index in [2.05, 4.69) is 49.6 Å². The molecule has 0 saturated heterocycles. The summed E-state index contributed by atoms with van der Waals surface area (Å²) in [6, 6.07) is 16.3. The zero-order chi connectivity index (χ0) is 33.7. The number of nitrogens with zero attached hydrogens (tertiary/aromatic N) is 2. The number of ether oxygens (including phenoxy) is 4. The number of esters is 2. The molecule has 262 valence electrons. The van der Waals surface area contributed by atoms with Gasteiger partial charge in [0, 0.05) is 11.1 Å². The first-order chi connectivity index (χ1) is 23.4. The van der Waals surface area contributed by atoms with E-state index in [0.29, 0.717) is 12.8 Å². The van der Waals surface area contributed by atoms with Crippen LogP contribution < -0.4 is 9.47 Å². The molecular formula is C40H56N2O6. The fourth-order valence-electron chi connectivity index (χ4n) is 9.39. The third-order valence-corrected chi connectivity index (χ3v) is 11.8. The van der Waals surface area contributed by atoms with Crippen molar-refractivity contribution in [2.24, 2.45) is 0 Å². The summed E-state index contributed by atoms with van der Waals surface area (Å²) in [6.07, 6.45) is 7.80. The van der Waals surface area contributed by atoms with Crippen LogP contribution in [-0.2, 0) is 19.1 Å². The summed E-state index contributed by atoms with van der Waals surface area (Å²) in [4.78, 5) is 32.1. The Labute approximate surface area is 287 Å². The molecule has 0 N–H and O–H groups in total. The minimum atomic E-state index is -0.895. The first-order valence-corrected chi connectivity index (χ1v) is 18.8. The molecule has 2 aliphatic carbocycles. The Morgan fingerprint density at radius 1 is 0.667 bits per heavy atom. The van der Waals surface area contributed by atoms with Crippen LogP contribution in [0.4, 0.5) is 0 Å². The first-order valence-electron chi connectivity index (χ1n) is 18.8. The Kier molecular flexibility index (Phi) is 11.0. The molecule has 8 nitrogen and oxygen atoms in total. The van der Waals surface area contributed by atoms with Gasteiger partial charge in [-0.3, -0.25) is 0 Å². The molecule has 0 amide bonds. The van der Waals surface area contributed by atoms with Gasteiger partial charge in [-0.15, -0.1) is 0 Å². The van der Waals surface area contributed by atoms with Crippen molar-refractivity contribution in [3.05, 3.63) is 59.7 Å². The summed E-state index contributed by atoms with van der Waals surface area (Å²) in [7, 11) is 0. The van der Waals surface area contributed by atoms with Crippen LogP contribution in [0.1, 0.15) is 115 Å². The molecule has 2 fully saturated rings. The Bertz CT molecular complexity index is 1300. The van der Waals surface area contributed by atoms with Gasteiger partial charge in [0.25, 0.3) is 0 Å². The minimum absolute atomic E-state index is 0.112. The van der Waals surface area contributed by atoms with Crippen LogP contribution in [0.5, 0.6) is 11.5 Å². The Morgan fingerprint density at radius 2 is 1.06 bits per heavy atom. The highest BCUT2D eigenvalue weighted by Gasteiger charge is 2.56. The van der Waals surface area contributed by atoms with E-state index in [1.165, 1.54) is 0 Å². The maximum absolute atomic E-state index is 13.6. The molecule has 2 aromatic rings. The molecule has 8 heteroatoms. The van der Waals surface area contributed by atoms with Crippen molar-refractivity contribution in [3.8, 4) is 11.5 Å². The Balaban J connectivity index is 1.16. The minimum Gasteiger partial charge on any atom is -0.486 e. The largest absolute Gasteiger partial charge is 0.486 e. The van der Waals surface area contributed by atoms with E-state index in [1.807, 2.05) is 36.4 Å². The summed E-state index contributed by atoms with van der Waals surface area (Å²) in [5, 5.41) is 0. The normalized spacial score (nSPS) is 28.5. The summed E-state index contributed by atoms with van der Waals surface area (Å²) in [5.41, 5.74) is 1.27. The van der Waals surface area contributed by atoms with E-state index in [9.17, 15) is 9.59 Å². The number of benzene rings is 2. The fraction of sp³-hybridized carbons (Fsp3) is 0.650. The number of fused-ring (bicyclic) bond motifs is 6. The molecule has 2 saturated carbocycles. The van der Waals surface area contributed by atoms with Gasteiger partial charge in [-0.1, -0.05) is 64.1 Å². The van der Waals surface area contributed by atoms with Crippen molar-refractivity contribution >= 4 is 11.9 Å². The van der Waals surface area contributed by atoms with E-state index in [4.69, 9.17) is 18.9 Å². The Hall–Kier alpha value is -3.10. The van der Waals surface area contributed by atoms with Gasteiger partial charge < -0.3 is 28.7 Å². The van der Waals surface area contributed by atoms with Gasteiger partial charge in [0.15, 0.2) is 0 Å². The first kappa shape index (κ1) is 34.8. The van der Waals surface area contributed by atoms with Gasteiger partial charge in [0.05, 0.1) is 11.8 Å². The van der Waals surface area contributed by atoms with Crippen LogP contribution in [0, 0.1) is 0 Å². The van der Waals surface area contributed by atoms with Gasteiger partial charge in [-0.2, -0.15) is 0 Å². The fourth-order valence-corrected chi connectivity index (χ4v) is 9.39. The molecule has 0 aromatic heterocycles. The highest BCUT2D eigenvalue weighted by molar-refractivity contribution is 6.29. The molecule has 2 aliphatic heterocycles. The summed E-state index contributed by atoms with van der Waals surface area (Å²) < 4.78 is 25.8. The van der Waals surface area contributed by atoms with E-state index in [0.717, 1.165) is 113 Å². The van der Waals surface area contributed by atoms with Crippen LogP contribution in [0.25, 0.3) is 0 Å². The third kappa shape index (κ3) is 6.84. The molecule has 0 bridgehead atoms. The number of para-hydroxylation sites is 2. The van der Waals surface area contributed by atoms with E-state index >= 15 is 0 Å². The van der Waals surface area contributed by atoms with Gasteiger partial charge in [-0.05, 0) is 116 Å². The smallest absolute Gasteiger partial charge is 0.417 e. The van der Waals surface area contributed by atoms with Crippen molar-refractivity contribution < 1.29 is 28.5 Å². The van der Waals surface area contributed by atoms with Crippen LogP contribution in [0.3, 0.4) is 0 Å². The highest BCUT2D eigenvalue weighted by atomic mass is 16.6. The lowest BCUT2D eigenvalue weighted by molar-refractivity contribution is -0.181. The number of hydrogen-bond acceptors (Lipinski definition) is 8. The third-order valence-electron chi connectivity index (χ3n) is 11.8. The lowest BCUT2D eigenvalue weighted by atomic mass is 9.69. The topological polar surface area (TPSA) is 77.5 Å². The zero-order valence-corrected chi connectivity index (χ0v) is 29.6. The maximum atomic E-state index is 13.6. The molecule has 6 atom stereocenters. The van der Waals surface area contributed by atoms with Crippen LogP contribution in [0.15, 0.2) is 48.5 Å². The van der Waals surface area contributed by atoms with Crippen LogP contribution in [-0.4, -0.2) is 84.4 Å². The molecule has 6 rings (SSSR count). The van der Waals surface area contributed by atoms with Gasteiger partial charge >= 0.3 is 11.9 Å². The number of carbonyl (C=O) groups excluding carboxylic acids is 2. The molecule has 0 radical (unpaired) electrons. The molecule has 4 aliphatic rings. The summed E-state index contributed by atoms with van der Waals surface area (Å²) in [6.45, 7) is 14.9. The monoisotopic (exact) mass is 660 g/mol. The second kappa shape index (κ2) is 15.2. The lowest BCUT2D eigenvalue weighted by Crippen LogP contribution is -2.50. The van der Waals surface area contributed by atoms with Crippen molar-refractivity contribution in [1.29, 1.82) is 0 Å². The molecule has 6 unspecified atom stereocenters. The van der Waals surface area contributed by atoms with Crippen LogP contribution >= 0.6 is 0 Å². The van der Waals surface area contributed by atoms with E-state index < -0.39 is 35.3 Å². The van der Waals surface area contributed by atoms with Gasteiger partial charge in [0.2, 0.25) is 0 Å². The van der Waals surface area contributed by atoms with Crippen LogP contribution in [0.2, 0.25) is 0 Å². The van der Waals surface area contributed by atoms with Crippen molar-refractivity contribution in [2.45, 2.75) is 127 Å². The van der Waals surface area contributed by atoms with Crippen molar-refractivity contribution in [3.63, 3.8) is 0 Å². The average molecular weight is 661 g/mol. The summed E-state index contributed by atoms with van der Waals surface area (Å²) >= 11 is 0. The maximum Gasteiger partial charge on any atom is 0.417 e. The molecule has 2 aromatic carbocycles. The van der Waals surface area contributed by atoms with E-state index in [1.54, 1.807) is 0 Å². The molecular weight excluding hydrogens is 604 g/mol. The number of carbonyl (C=O) groups is 2. The lowest BCUT2D eigenvalue weighted by Gasteiger charge is -2.43. The SMILES string of the molecule is CCN(CC)CCCC12CCCC(OC(=O)C(=O)OC3CCCC4(CCCN(CC)CC)Oc5ccccc5C34)C1c1ccccc1O2. The molecule has 2 heterocycles. The van der Waals surface area contributed by atoms with Gasteiger partial charge in [-0.25, -0.2) is 9.59 Å². The average Bonchev–Trinajstić information content (AvgIpc) is 3.63. The highest BCUT2D eigenvalue weighted by Crippen LogP contribution is 2.56. The predicted molar refractivity (Wildman–Crippen MR) is 187 cm³/mol. The molecule has 48 heavy (non-hydrogen) atoms. The second-order valence-corrected chi connectivity index (χ2v) is 14.3. The second-order valence-electron chi connectivity index (χ2n) is 14.3. The number of rotatable bonds is 14. The molecule has 0 spiro atoms.